The van der Waals surface area contributed by atoms with Crippen molar-refractivity contribution in [1.82, 2.24) is 0 Å². The minimum atomic E-state index is -0.117. The molecule has 0 heterocycles. The van der Waals surface area contributed by atoms with Crippen LogP contribution in [0, 0.1) is 39.4 Å². The van der Waals surface area contributed by atoms with Gasteiger partial charge in [0.05, 0.1) is 0 Å². The molecule has 2 heteroatoms. The lowest BCUT2D eigenvalue weighted by molar-refractivity contribution is -0.167. The Morgan fingerprint density at radius 3 is 2.32 bits per heavy atom. The maximum atomic E-state index is 11.8. The van der Waals surface area contributed by atoms with Crippen LogP contribution in [0.2, 0.25) is 0 Å². The molecule has 2 fully saturated rings. The second kappa shape index (κ2) is 8.81. The Morgan fingerprint density at radius 2 is 1.68 bits per heavy atom. The van der Waals surface area contributed by atoms with Crippen LogP contribution in [-0.2, 0) is 9.53 Å². The molecule has 0 bridgehead atoms. The minimum absolute atomic E-state index is 0.0382. The molecule has 0 radical (unpaired) electrons. The average Bonchev–Trinajstić information content (AvgIpc) is 3.01. The highest BCUT2D eigenvalue weighted by Crippen LogP contribution is 2.72. The van der Waals surface area contributed by atoms with E-state index in [1.165, 1.54) is 63.4 Å². The molecular formula is C32H52O2. The first-order valence-electron chi connectivity index (χ1n) is 14.3. The van der Waals surface area contributed by atoms with E-state index in [0.29, 0.717) is 16.7 Å². The number of carbonyl (C=O) groups excluding carboxylic acids is 1. The van der Waals surface area contributed by atoms with Crippen molar-refractivity contribution >= 4 is 5.97 Å². The summed E-state index contributed by atoms with van der Waals surface area (Å²) in [6, 6.07) is 0. The van der Waals surface area contributed by atoms with Crippen LogP contribution in [0.25, 0.3) is 0 Å². The summed E-state index contributed by atoms with van der Waals surface area (Å²) in [6.07, 6.45) is 15.2. The molecule has 192 valence electrons. The first-order chi connectivity index (χ1) is 15.8. The number of allylic oxidation sites excluding steroid dienone is 4. The summed E-state index contributed by atoms with van der Waals surface area (Å²) >= 11 is 0. The Bertz CT molecular complexity index is 873. The Labute approximate surface area is 210 Å². The van der Waals surface area contributed by atoms with Crippen molar-refractivity contribution in [1.29, 1.82) is 0 Å². The van der Waals surface area contributed by atoms with Crippen molar-refractivity contribution < 1.29 is 9.53 Å². The van der Waals surface area contributed by atoms with Crippen molar-refractivity contribution in [2.45, 2.75) is 133 Å². The van der Waals surface area contributed by atoms with Crippen LogP contribution in [0.3, 0.4) is 0 Å². The van der Waals surface area contributed by atoms with Gasteiger partial charge >= 0.3 is 5.97 Å². The van der Waals surface area contributed by atoms with Crippen LogP contribution >= 0.6 is 0 Å². The zero-order valence-corrected chi connectivity index (χ0v) is 23.8. The highest BCUT2D eigenvalue weighted by atomic mass is 16.5. The molecule has 0 aromatic heterocycles. The second-order valence-corrected chi connectivity index (χ2v) is 14.2. The predicted octanol–water partition coefficient (Wildman–Crippen LogP) is 9.05. The third kappa shape index (κ3) is 3.85. The van der Waals surface area contributed by atoms with Gasteiger partial charge in [0.25, 0.3) is 0 Å². The Hall–Kier alpha value is -1.05. The summed E-state index contributed by atoms with van der Waals surface area (Å²) in [4.78, 5) is 11.8. The largest absolute Gasteiger partial charge is 0.462 e. The predicted molar refractivity (Wildman–Crippen MR) is 142 cm³/mol. The van der Waals surface area contributed by atoms with Gasteiger partial charge in [-0.15, -0.1) is 0 Å². The van der Waals surface area contributed by atoms with Gasteiger partial charge in [-0.25, -0.2) is 0 Å². The first kappa shape index (κ1) is 26.0. The van der Waals surface area contributed by atoms with Gasteiger partial charge in [0.1, 0.15) is 6.10 Å². The standard InChI is InChI=1S/C32H52O2/c1-21(2)11-10-12-22(3)24-15-19-32(9)26-13-14-27-29(5,6)28(34-23(4)33)17-18-30(27,7)25(26)16-20-31(24,32)8/h11,22,24,27-28H,10,12-20H2,1-9H3/t22-,24+,27-,28-,30-,31+,32+/m1/s1. The van der Waals surface area contributed by atoms with E-state index in [1.54, 1.807) is 6.92 Å². The molecule has 0 aromatic rings. The van der Waals surface area contributed by atoms with E-state index in [4.69, 9.17) is 4.74 Å². The summed E-state index contributed by atoms with van der Waals surface area (Å²) in [6.45, 7) is 21.2. The van der Waals surface area contributed by atoms with Crippen molar-refractivity contribution in [3.8, 4) is 0 Å². The van der Waals surface area contributed by atoms with Crippen LogP contribution in [0.15, 0.2) is 22.8 Å². The number of esters is 1. The van der Waals surface area contributed by atoms with E-state index in [0.717, 1.165) is 18.3 Å². The molecule has 0 aromatic carbocycles. The maximum Gasteiger partial charge on any atom is 0.302 e. The number of hydrogen-bond donors (Lipinski definition) is 0. The van der Waals surface area contributed by atoms with E-state index >= 15 is 0 Å². The monoisotopic (exact) mass is 468 g/mol. The van der Waals surface area contributed by atoms with Gasteiger partial charge in [0.15, 0.2) is 0 Å². The summed E-state index contributed by atoms with van der Waals surface area (Å²) < 4.78 is 5.87. The van der Waals surface area contributed by atoms with Crippen LogP contribution in [0.5, 0.6) is 0 Å². The Balaban J connectivity index is 1.63. The molecule has 0 unspecified atom stereocenters. The summed E-state index contributed by atoms with van der Waals surface area (Å²) in [5.74, 6) is 2.13. The van der Waals surface area contributed by atoms with Gasteiger partial charge in [-0.2, -0.15) is 0 Å². The molecule has 0 saturated heterocycles. The lowest BCUT2D eigenvalue weighted by Crippen LogP contribution is -2.55. The molecule has 7 atom stereocenters. The fourth-order valence-corrected chi connectivity index (χ4v) is 9.86. The zero-order chi connectivity index (χ0) is 25.1. The van der Waals surface area contributed by atoms with Gasteiger partial charge < -0.3 is 4.74 Å². The second-order valence-electron chi connectivity index (χ2n) is 14.2. The third-order valence-corrected chi connectivity index (χ3v) is 11.9. The van der Waals surface area contributed by atoms with Gasteiger partial charge in [-0.1, -0.05) is 64.3 Å². The molecular weight excluding hydrogens is 416 g/mol. The normalized spacial score (nSPS) is 41.7. The summed E-state index contributed by atoms with van der Waals surface area (Å²) in [5.41, 5.74) is 6.25. The summed E-state index contributed by atoms with van der Waals surface area (Å²) in [7, 11) is 0. The lowest BCUT2D eigenvalue weighted by Gasteiger charge is -2.62. The van der Waals surface area contributed by atoms with Crippen molar-refractivity contribution in [3.63, 3.8) is 0 Å². The topological polar surface area (TPSA) is 26.3 Å². The number of hydrogen-bond acceptors (Lipinski definition) is 2. The van der Waals surface area contributed by atoms with E-state index in [2.05, 4.69) is 61.5 Å². The lowest BCUT2D eigenvalue weighted by atomic mass is 9.43. The molecule has 0 aliphatic heterocycles. The van der Waals surface area contributed by atoms with Crippen LogP contribution in [0.4, 0.5) is 0 Å². The van der Waals surface area contributed by atoms with Crippen LogP contribution in [-0.4, -0.2) is 12.1 Å². The third-order valence-electron chi connectivity index (χ3n) is 11.9. The Kier molecular flexibility index (Phi) is 6.74. The van der Waals surface area contributed by atoms with Crippen LogP contribution in [0.1, 0.15) is 127 Å². The molecule has 4 aliphatic rings. The van der Waals surface area contributed by atoms with Crippen molar-refractivity contribution in [2.24, 2.45) is 39.4 Å². The molecule has 2 nitrogen and oxygen atoms in total. The number of ether oxygens (including phenoxy) is 1. The fourth-order valence-electron chi connectivity index (χ4n) is 9.86. The highest BCUT2D eigenvalue weighted by Gasteiger charge is 2.63. The molecule has 34 heavy (non-hydrogen) atoms. The Morgan fingerprint density at radius 1 is 0.971 bits per heavy atom. The first-order valence-corrected chi connectivity index (χ1v) is 14.3. The number of fused-ring (bicyclic) bond motifs is 4. The highest BCUT2D eigenvalue weighted by molar-refractivity contribution is 5.66. The van der Waals surface area contributed by atoms with Gasteiger partial charge in [-0.3, -0.25) is 4.79 Å². The molecule has 4 aliphatic carbocycles. The molecule has 0 spiro atoms. The van der Waals surface area contributed by atoms with E-state index in [9.17, 15) is 4.79 Å². The zero-order valence-electron chi connectivity index (χ0n) is 23.8. The maximum absolute atomic E-state index is 11.8. The smallest absolute Gasteiger partial charge is 0.302 e. The minimum Gasteiger partial charge on any atom is -0.462 e. The van der Waals surface area contributed by atoms with E-state index < -0.39 is 0 Å². The fraction of sp³-hybridized carbons (Fsp3) is 0.844. The quantitative estimate of drug-likeness (QED) is 0.297. The summed E-state index contributed by atoms with van der Waals surface area (Å²) in [5, 5.41) is 0. The van der Waals surface area contributed by atoms with Crippen molar-refractivity contribution in [3.05, 3.63) is 22.8 Å². The average molecular weight is 469 g/mol. The SMILES string of the molecule is CC(=O)O[C@@H]1CC[C@]2(C)C3=C(CC[C@@H]2C1(C)C)[C@]1(C)CC[C@@H]([C@H](C)CCC=C(C)C)[C@]1(C)CC3. The van der Waals surface area contributed by atoms with E-state index in [1.807, 2.05) is 11.1 Å². The molecule has 2 saturated carbocycles. The molecule has 0 amide bonds. The van der Waals surface area contributed by atoms with E-state index in [-0.39, 0.29) is 22.9 Å². The van der Waals surface area contributed by atoms with Crippen molar-refractivity contribution in [2.75, 3.05) is 0 Å². The number of rotatable bonds is 5. The van der Waals surface area contributed by atoms with Gasteiger partial charge in [0, 0.05) is 12.3 Å². The van der Waals surface area contributed by atoms with Gasteiger partial charge in [-0.05, 0) is 112 Å². The molecule has 0 N–H and O–H groups in total. The van der Waals surface area contributed by atoms with Crippen LogP contribution < -0.4 is 0 Å². The molecule has 4 rings (SSSR count). The number of carbonyl (C=O) groups is 1. The van der Waals surface area contributed by atoms with Gasteiger partial charge in [0.2, 0.25) is 0 Å².